The molecule has 0 aliphatic carbocycles. The number of ether oxygens (including phenoxy) is 2. The molecule has 1 aliphatic rings. The highest BCUT2D eigenvalue weighted by Crippen LogP contribution is 2.26. The van der Waals surface area contributed by atoms with E-state index in [2.05, 4.69) is 4.98 Å². The number of aromatic nitrogens is 1. The average molecular weight is 284 g/mol. The SMILES string of the molecule is COc1cc(OC)cc(C(=O)N2Cc3cccnc3C2)c1. The Balaban J connectivity index is 1.87. The molecule has 0 saturated heterocycles. The van der Waals surface area contributed by atoms with E-state index in [9.17, 15) is 4.79 Å². The Hall–Kier alpha value is -2.56. The largest absolute Gasteiger partial charge is 0.497 e. The molecule has 1 aliphatic heterocycles. The van der Waals surface area contributed by atoms with E-state index in [0.29, 0.717) is 30.2 Å². The van der Waals surface area contributed by atoms with Gasteiger partial charge in [0.05, 0.1) is 26.5 Å². The van der Waals surface area contributed by atoms with Crippen LogP contribution < -0.4 is 9.47 Å². The minimum absolute atomic E-state index is 0.0507. The van der Waals surface area contributed by atoms with Gasteiger partial charge in [-0.05, 0) is 23.8 Å². The Morgan fingerprint density at radius 1 is 1.14 bits per heavy atom. The van der Waals surface area contributed by atoms with Crippen LogP contribution in [0.2, 0.25) is 0 Å². The molecule has 5 heteroatoms. The fourth-order valence-electron chi connectivity index (χ4n) is 2.46. The fourth-order valence-corrected chi connectivity index (χ4v) is 2.46. The lowest BCUT2D eigenvalue weighted by atomic mass is 10.1. The van der Waals surface area contributed by atoms with Gasteiger partial charge in [-0.15, -0.1) is 0 Å². The molecule has 3 rings (SSSR count). The number of benzene rings is 1. The summed E-state index contributed by atoms with van der Waals surface area (Å²) in [5.41, 5.74) is 2.61. The Kier molecular flexibility index (Phi) is 3.48. The Morgan fingerprint density at radius 3 is 2.48 bits per heavy atom. The summed E-state index contributed by atoms with van der Waals surface area (Å²) in [5, 5.41) is 0. The minimum Gasteiger partial charge on any atom is -0.497 e. The summed E-state index contributed by atoms with van der Waals surface area (Å²) < 4.78 is 10.4. The van der Waals surface area contributed by atoms with Gasteiger partial charge < -0.3 is 14.4 Å². The van der Waals surface area contributed by atoms with Gasteiger partial charge in [-0.1, -0.05) is 6.07 Å². The monoisotopic (exact) mass is 284 g/mol. The Bertz CT molecular complexity index is 638. The number of carbonyl (C=O) groups excluding carboxylic acids is 1. The van der Waals surface area contributed by atoms with E-state index in [0.717, 1.165) is 11.3 Å². The normalized spacial score (nSPS) is 13.0. The molecule has 5 nitrogen and oxygen atoms in total. The highest BCUT2D eigenvalue weighted by molar-refractivity contribution is 5.95. The molecule has 0 N–H and O–H groups in total. The van der Waals surface area contributed by atoms with Crippen molar-refractivity contribution in [3.63, 3.8) is 0 Å². The number of carbonyl (C=O) groups is 1. The first-order valence-corrected chi connectivity index (χ1v) is 6.66. The van der Waals surface area contributed by atoms with Crippen LogP contribution in [0.15, 0.2) is 36.5 Å². The molecular weight excluding hydrogens is 268 g/mol. The summed E-state index contributed by atoms with van der Waals surface area (Å²) in [7, 11) is 3.14. The van der Waals surface area contributed by atoms with E-state index < -0.39 is 0 Å². The zero-order chi connectivity index (χ0) is 14.8. The zero-order valence-corrected chi connectivity index (χ0v) is 12.0. The molecule has 0 fully saturated rings. The van der Waals surface area contributed by atoms with Crippen LogP contribution in [0.5, 0.6) is 11.5 Å². The maximum absolute atomic E-state index is 12.6. The molecule has 0 unspecified atom stereocenters. The molecule has 0 bridgehead atoms. The van der Waals surface area contributed by atoms with E-state index in [-0.39, 0.29) is 5.91 Å². The first-order chi connectivity index (χ1) is 10.2. The van der Waals surface area contributed by atoms with E-state index >= 15 is 0 Å². The van der Waals surface area contributed by atoms with Crippen molar-refractivity contribution in [2.75, 3.05) is 14.2 Å². The van der Waals surface area contributed by atoms with E-state index in [1.165, 1.54) is 0 Å². The number of fused-ring (bicyclic) bond motifs is 1. The van der Waals surface area contributed by atoms with Crippen LogP contribution in [-0.2, 0) is 13.1 Å². The van der Waals surface area contributed by atoms with Crippen molar-refractivity contribution >= 4 is 5.91 Å². The smallest absolute Gasteiger partial charge is 0.254 e. The summed E-state index contributed by atoms with van der Waals surface area (Å²) in [6, 6.07) is 9.09. The Labute approximate surface area is 123 Å². The highest BCUT2D eigenvalue weighted by atomic mass is 16.5. The van der Waals surface area contributed by atoms with Gasteiger partial charge in [-0.2, -0.15) is 0 Å². The van der Waals surface area contributed by atoms with Crippen LogP contribution in [0.4, 0.5) is 0 Å². The van der Waals surface area contributed by atoms with Gasteiger partial charge >= 0.3 is 0 Å². The number of rotatable bonds is 3. The van der Waals surface area contributed by atoms with Crippen molar-refractivity contribution in [1.82, 2.24) is 9.88 Å². The van der Waals surface area contributed by atoms with E-state index in [1.54, 1.807) is 43.5 Å². The number of methoxy groups -OCH3 is 2. The Morgan fingerprint density at radius 2 is 1.86 bits per heavy atom. The number of pyridine rings is 1. The van der Waals surface area contributed by atoms with Gasteiger partial charge in [-0.25, -0.2) is 0 Å². The third-order valence-electron chi connectivity index (χ3n) is 3.57. The lowest BCUT2D eigenvalue weighted by Crippen LogP contribution is -2.25. The lowest BCUT2D eigenvalue weighted by molar-refractivity contribution is 0.0749. The lowest BCUT2D eigenvalue weighted by Gasteiger charge is -2.16. The summed E-state index contributed by atoms with van der Waals surface area (Å²) >= 11 is 0. The average Bonchev–Trinajstić information content (AvgIpc) is 2.97. The summed E-state index contributed by atoms with van der Waals surface area (Å²) in [6.07, 6.45) is 1.75. The summed E-state index contributed by atoms with van der Waals surface area (Å²) in [4.78, 5) is 18.7. The standard InChI is InChI=1S/C16H16N2O3/c1-20-13-6-12(7-14(8-13)21-2)16(19)18-9-11-4-3-5-17-15(11)10-18/h3-8H,9-10H2,1-2H3. The van der Waals surface area contributed by atoms with Crippen molar-refractivity contribution in [3.8, 4) is 11.5 Å². The van der Waals surface area contributed by atoms with E-state index in [1.807, 2.05) is 12.1 Å². The summed E-state index contributed by atoms with van der Waals surface area (Å²) in [5.74, 6) is 1.16. The molecular formula is C16H16N2O3. The number of hydrogen-bond donors (Lipinski definition) is 0. The molecule has 1 aromatic heterocycles. The van der Waals surface area contributed by atoms with Crippen molar-refractivity contribution in [1.29, 1.82) is 0 Å². The van der Waals surface area contributed by atoms with Gasteiger partial charge in [0.15, 0.2) is 0 Å². The zero-order valence-electron chi connectivity index (χ0n) is 12.0. The second kappa shape index (κ2) is 5.44. The molecule has 0 radical (unpaired) electrons. The van der Waals surface area contributed by atoms with Crippen molar-refractivity contribution in [2.24, 2.45) is 0 Å². The van der Waals surface area contributed by atoms with Crippen molar-refractivity contribution in [3.05, 3.63) is 53.3 Å². The van der Waals surface area contributed by atoms with Crippen LogP contribution in [0.3, 0.4) is 0 Å². The number of nitrogens with zero attached hydrogens (tertiary/aromatic N) is 2. The summed E-state index contributed by atoms with van der Waals surface area (Å²) in [6.45, 7) is 1.12. The number of hydrogen-bond acceptors (Lipinski definition) is 4. The van der Waals surface area contributed by atoms with Crippen LogP contribution in [0, 0.1) is 0 Å². The molecule has 0 saturated carbocycles. The van der Waals surface area contributed by atoms with Gasteiger partial charge in [0.25, 0.3) is 5.91 Å². The van der Waals surface area contributed by atoms with Crippen molar-refractivity contribution in [2.45, 2.75) is 13.1 Å². The first kappa shape index (κ1) is 13.4. The maximum Gasteiger partial charge on any atom is 0.254 e. The predicted molar refractivity (Wildman–Crippen MR) is 77.4 cm³/mol. The minimum atomic E-state index is -0.0507. The van der Waals surface area contributed by atoms with Gasteiger partial charge in [0, 0.05) is 24.4 Å². The van der Waals surface area contributed by atoms with Crippen LogP contribution in [0.25, 0.3) is 0 Å². The molecule has 108 valence electrons. The van der Waals surface area contributed by atoms with Crippen LogP contribution in [0.1, 0.15) is 21.6 Å². The second-order valence-corrected chi connectivity index (χ2v) is 4.87. The van der Waals surface area contributed by atoms with Gasteiger partial charge in [0.2, 0.25) is 0 Å². The molecule has 1 amide bonds. The third-order valence-corrected chi connectivity index (χ3v) is 3.57. The topological polar surface area (TPSA) is 51.7 Å². The second-order valence-electron chi connectivity index (χ2n) is 4.87. The molecule has 1 aromatic carbocycles. The quantitative estimate of drug-likeness (QED) is 0.867. The molecule has 2 aromatic rings. The first-order valence-electron chi connectivity index (χ1n) is 6.66. The maximum atomic E-state index is 12.6. The van der Waals surface area contributed by atoms with Gasteiger partial charge in [0.1, 0.15) is 11.5 Å². The predicted octanol–water partition coefficient (Wildman–Crippen LogP) is 2.25. The molecule has 0 spiro atoms. The highest BCUT2D eigenvalue weighted by Gasteiger charge is 2.25. The van der Waals surface area contributed by atoms with Crippen molar-refractivity contribution < 1.29 is 14.3 Å². The van der Waals surface area contributed by atoms with Gasteiger partial charge in [-0.3, -0.25) is 9.78 Å². The van der Waals surface area contributed by atoms with E-state index in [4.69, 9.17) is 9.47 Å². The molecule has 2 heterocycles. The number of amides is 1. The van der Waals surface area contributed by atoms with Crippen LogP contribution >= 0.6 is 0 Å². The molecule has 21 heavy (non-hydrogen) atoms. The van der Waals surface area contributed by atoms with Crippen LogP contribution in [-0.4, -0.2) is 30.0 Å². The molecule has 0 atom stereocenters. The third kappa shape index (κ3) is 2.54. The fraction of sp³-hybridized carbons (Fsp3) is 0.250.